The highest BCUT2D eigenvalue weighted by Gasteiger charge is 2.39. The van der Waals surface area contributed by atoms with E-state index in [0.717, 1.165) is 11.3 Å². The maximum atomic E-state index is 12.8. The van der Waals surface area contributed by atoms with Crippen molar-refractivity contribution < 1.29 is 18.8 Å². The molecule has 1 aliphatic rings. The molecule has 0 saturated carbocycles. The fourth-order valence-corrected chi connectivity index (χ4v) is 3.70. The Hall–Kier alpha value is -3.78. The van der Waals surface area contributed by atoms with Crippen LogP contribution in [0.2, 0.25) is 0 Å². The Morgan fingerprint density at radius 2 is 1.68 bits per heavy atom. The third-order valence-corrected chi connectivity index (χ3v) is 5.19. The van der Waals surface area contributed by atoms with Gasteiger partial charge in [0, 0.05) is 0 Å². The Bertz CT molecular complexity index is 1170. The van der Waals surface area contributed by atoms with Gasteiger partial charge in [-0.1, -0.05) is 41.6 Å². The average molecular weight is 433 g/mol. The maximum absolute atomic E-state index is 12.8. The van der Waals surface area contributed by atoms with Gasteiger partial charge >= 0.3 is 0 Å². The molecule has 7 nitrogen and oxygen atoms in total. The molecule has 2 aromatic carbocycles. The Labute approximate surface area is 184 Å². The number of rotatable bonds is 5. The van der Waals surface area contributed by atoms with Crippen LogP contribution < -0.4 is 14.5 Å². The molecule has 0 bridgehead atoms. The van der Waals surface area contributed by atoms with Crippen molar-refractivity contribution in [2.45, 2.75) is 13.3 Å². The number of amides is 2. The molecule has 0 N–H and O–H groups in total. The lowest BCUT2D eigenvalue weighted by Crippen LogP contribution is -2.55. The summed E-state index contributed by atoms with van der Waals surface area (Å²) in [6.07, 6.45) is 3.25. The number of aryl methyl sites for hydroxylation is 1. The second-order valence-corrected chi connectivity index (χ2v) is 7.21. The standard InChI is InChI=1S/C23H19N3O4S/c1-15-22(19(30-24-15)13-10-16-8-11-18(29-2)12-9-16)26-21(28)14-20(27)25(23(26)31)17-6-4-3-5-7-17/h3-13H,14H2,1-2H3/b13-10+. The highest BCUT2D eigenvalue weighted by molar-refractivity contribution is 7.81. The number of anilines is 2. The predicted molar refractivity (Wildman–Crippen MR) is 122 cm³/mol. The first-order valence-electron chi connectivity index (χ1n) is 9.53. The molecule has 2 heterocycles. The van der Waals surface area contributed by atoms with Crippen molar-refractivity contribution >= 4 is 52.7 Å². The van der Waals surface area contributed by atoms with Crippen molar-refractivity contribution in [2.75, 3.05) is 16.9 Å². The van der Waals surface area contributed by atoms with Crippen LogP contribution >= 0.6 is 12.2 Å². The number of methoxy groups -OCH3 is 1. The number of ether oxygens (including phenoxy) is 1. The molecule has 0 aliphatic carbocycles. The molecular weight excluding hydrogens is 414 g/mol. The highest BCUT2D eigenvalue weighted by Crippen LogP contribution is 2.32. The third-order valence-electron chi connectivity index (χ3n) is 4.82. The van der Waals surface area contributed by atoms with E-state index in [1.807, 2.05) is 36.4 Å². The van der Waals surface area contributed by atoms with E-state index >= 15 is 0 Å². The van der Waals surface area contributed by atoms with Crippen LogP contribution in [-0.2, 0) is 9.59 Å². The van der Waals surface area contributed by atoms with Gasteiger partial charge in [0.25, 0.3) is 0 Å². The van der Waals surface area contributed by atoms with Crippen LogP contribution in [0.25, 0.3) is 12.2 Å². The average Bonchev–Trinajstić information content (AvgIpc) is 3.13. The minimum absolute atomic E-state index is 0.0675. The zero-order valence-corrected chi connectivity index (χ0v) is 17.8. The number of benzene rings is 2. The summed E-state index contributed by atoms with van der Waals surface area (Å²) in [5.74, 6) is 0.323. The molecule has 1 saturated heterocycles. The van der Waals surface area contributed by atoms with Gasteiger partial charge in [0.1, 0.15) is 23.6 Å². The first-order chi connectivity index (χ1) is 15.0. The van der Waals surface area contributed by atoms with Crippen molar-refractivity contribution in [3.8, 4) is 5.75 Å². The molecule has 1 fully saturated rings. The number of aromatic nitrogens is 1. The van der Waals surface area contributed by atoms with Gasteiger partial charge in [-0.3, -0.25) is 19.4 Å². The van der Waals surface area contributed by atoms with Crippen molar-refractivity contribution in [3.05, 3.63) is 71.6 Å². The van der Waals surface area contributed by atoms with Gasteiger partial charge in [0.2, 0.25) is 11.8 Å². The van der Waals surface area contributed by atoms with Crippen LogP contribution in [0.5, 0.6) is 5.75 Å². The quantitative estimate of drug-likeness (QED) is 0.443. The Kier molecular flexibility index (Phi) is 5.64. The fourth-order valence-electron chi connectivity index (χ4n) is 3.30. The number of hydrogen-bond donors (Lipinski definition) is 0. The Morgan fingerprint density at radius 3 is 2.35 bits per heavy atom. The molecule has 0 atom stereocenters. The lowest BCUT2D eigenvalue weighted by Gasteiger charge is -2.35. The SMILES string of the molecule is COc1ccc(/C=C/c2onc(C)c2N2C(=O)CC(=O)N(c3ccccc3)C2=S)cc1. The van der Waals surface area contributed by atoms with Crippen LogP contribution in [0.4, 0.5) is 11.4 Å². The van der Waals surface area contributed by atoms with Crippen LogP contribution in [0.1, 0.15) is 23.4 Å². The number of thiocarbonyl (C=S) groups is 1. The van der Waals surface area contributed by atoms with Gasteiger partial charge in [-0.15, -0.1) is 0 Å². The van der Waals surface area contributed by atoms with E-state index in [-0.39, 0.29) is 17.4 Å². The van der Waals surface area contributed by atoms with E-state index in [0.29, 0.717) is 22.8 Å². The summed E-state index contributed by atoms with van der Waals surface area (Å²) in [5.41, 5.74) is 2.43. The second-order valence-electron chi connectivity index (χ2n) is 6.84. The molecular formula is C23H19N3O4S. The van der Waals surface area contributed by atoms with Crippen molar-refractivity contribution in [1.82, 2.24) is 5.16 Å². The molecule has 156 valence electrons. The van der Waals surface area contributed by atoms with E-state index in [2.05, 4.69) is 5.16 Å². The molecule has 1 aromatic heterocycles. The molecule has 31 heavy (non-hydrogen) atoms. The van der Waals surface area contributed by atoms with Crippen molar-refractivity contribution in [1.29, 1.82) is 0 Å². The van der Waals surface area contributed by atoms with E-state index < -0.39 is 5.91 Å². The molecule has 0 unspecified atom stereocenters. The number of carbonyl (C=O) groups is 2. The topological polar surface area (TPSA) is 75.9 Å². The van der Waals surface area contributed by atoms with Crippen LogP contribution in [0.15, 0.2) is 59.1 Å². The smallest absolute Gasteiger partial charge is 0.243 e. The van der Waals surface area contributed by atoms with Gasteiger partial charge < -0.3 is 9.26 Å². The summed E-state index contributed by atoms with van der Waals surface area (Å²) in [4.78, 5) is 28.1. The Balaban J connectivity index is 1.69. The summed E-state index contributed by atoms with van der Waals surface area (Å²) in [5, 5.41) is 4.08. The van der Waals surface area contributed by atoms with Crippen LogP contribution in [0, 0.1) is 6.92 Å². The first kappa shape index (κ1) is 20.5. The minimum Gasteiger partial charge on any atom is -0.497 e. The second kappa shape index (κ2) is 8.53. The summed E-state index contributed by atoms with van der Waals surface area (Å²) in [6, 6.07) is 16.5. The highest BCUT2D eigenvalue weighted by atomic mass is 32.1. The minimum atomic E-state index is -0.424. The van der Waals surface area contributed by atoms with Crippen LogP contribution in [0.3, 0.4) is 0 Å². The largest absolute Gasteiger partial charge is 0.497 e. The molecule has 0 spiro atoms. The third kappa shape index (κ3) is 3.97. The zero-order chi connectivity index (χ0) is 22.0. The first-order valence-corrected chi connectivity index (χ1v) is 9.93. The molecule has 8 heteroatoms. The van der Waals surface area contributed by atoms with E-state index in [4.69, 9.17) is 21.5 Å². The Morgan fingerprint density at radius 1 is 1.00 bits per heavy atom. The van der Waals surface area contributed by atoms with Gasteiger partial charge in [-0.25, -0.2) is 0 Å². The van der Waals surface area contributed by atoms with E-state index in [9.17, 15) is 9.59 Å². The molecule has 1 aliphatic heterocycles. The predicted octanol–water partition coefficient (Wildman–Crippen LogP) is 4.22. The number of hydrogen-bond acceptors (Lipinski definition) is 6. The normalized spacial score (nSPS) is 14.6. The monoisotopic (exact) mass is 433 g/mol. The molecule has 0 radical (unpaired) electrons. The van der Waals surface area contributed by atoms with Crippen molar-refractivity contribution in [2.24, 2.45) is 0 Å². The summed E-state index contributed by atoms with van der Waals surface area (Å²) >= 11 is 5.56. The van der Waals surface area contributed by atoms with Gasteiger partial charge in [0.05, 0.1) is 12.8 Å². The summed E-state index contributed by atoms with van der Waals surface area (Å²) < 4.78 is 10.6. The molecule has 2 amide bonds. The van der Waals surface area contributed by atoms with Crippen LogP contribution in [-0.4, -0.2) is 29.2 Å². The number of nitrogens with zero attached hydrogens (tertiary/aromatic N) is 3. The lowest BCUT2D eigenvalue weighted by molar-refractivity contribution is -0.126. The van der Waals surface area contributed by atoms with Gasteiger partial charge in [-0.05, 0) is 55.0 Å². The maximum Gasteiger partial charge on any atom is 0.243 e. The van der Waals surface area contributed by atoms with E-state index in [1.54, 1.807) is 44.4 Å². The number of para-hydroxylation sites is 1. The molecule has 4 rings (SSSR count). The fraction of sp³-hybridized carbons (Fsp3) is 0.130. The molecule has 3 aromatic rings. The van der Waals surface area contributed by atoms with Gasteiger partial charge in [-0.2, -0.15) is 0 Å². The summed E-state index contributed by atoms with van der Waals surface area (Å²) in [6.45, 7) is 1.72. The van der Waals surface area contributed by atoms with Gasteiger partial charge in [0.15, 0.2) is 10.9 Å². The number of carbonyl (C=O) groups excluding carboxylic acids is 2. The summed E-state index contributed by atoms with van der Waals surface area (Å²) in [7, 11) is 1.61. The van der Waals surface area contributed by atoms with Crippen molar-refractivity contribution in [3.63, 3.8) is 0 Å². The van der Waals surface area contributed by atoms with E-state index in [1.165, 1.54) is 9.80 Å². The lowest BCUT2D eigenvalue weighted by atomic mass is 10.1. The zero-order valence-electron chi connectivity index (χ0n) is 16.9.